The van der Waals surface area contributed by atoms with Crippen LogP contribution in [0.2, 0.25) is 0 Å². The summed E-state index contributed by atoms with van der Waals surface area (Å²) in [4.78, 5) is 23.6. The first kappa shape index (κ1) is 18.3. The number of ether oxygens (including phenoxy) is 3. The van der Waals surface area contributed by atoms with Crippen LogP contribution in [0.1, 0.15) is 24.2 Å². The lowest BCUT2D eigenvalue weighted by atomic mass is 10.1. The molecule has 1 atom stereocenters. The SMILES string of the molecule is COc1ccc(NC(=O)C(C)Oc2ccc(C(C)=O)cc2)c(OC)c1. The highest BCUT2D eigenvalue weighted by atomic mass is 16.5. The summed E-state index contributed by atoms with van der Waals surface area (Å²) in [5.41, 5.74) is 1.11. The summed E-state index contributed by atoms with van der Waals surface area (Å²) >= 11 is 0. The summed E-state index contributed by atoms with van der Waals surface area (Å²) < 4.78 is 16.0. The Labute approximate surface area is 146 Å². The topological polar surface area (TPSA) is 73.9 Å². The third-order valence-corrected chi connectivity index (χ3v) is 3.61. The van der Waals surface area contributed by atoms with Crippen molar-refractivity contribution in [3.63, 3.8) is 0 Å². The fourth-order valence-electron chi connectivity index (χ4n) is 2.16. The van der Waals surface area contributed by atoms with Gasteiger partial charge in [-0.05, 0) is 50.2 Å². The van der Waals surface area contributed by atoms with Gasteiger partial charge < -0.3 is 19.5 Å². The average Bonchev–Trinajstić information content (AvgIpc) is 2.62. The number of rotatable bonds is 7. The molecule has 6 nitrogen and oxygen atoms in total. The summed E-state index contributed by atoms with van der Waals surface area (Å²) in [5.74, 6) is 1.29. The van der Waals surface area contributed by atoms with Gasteiger partial charge in [-0.1, -0.05) is 0 Å². The fraction of sp³-hybridized carbons (Fsp3) is 0.263. The molecule has 0 saturated carbocycles. The van der Waals surface area contributed by atoms with E-state index in [9.17, 15) is 9.59 Å². The van der Waals surface area contributed by atoms with Crippen LogP contribution in [0.15, 0.2) is 42.5 Å². The molecule has 2 aromatic rings. The summed E-state index contributed by atoms with van der Waals surface area (Å²) in [6, 6.07) is 11.8. The van der Waals surface area contributed by atoms with Crippen molar-refractivity contribution in [2.24, 2.45) is 0 Å². The minimum atomic E-state index is -0.727. The maximum absolute atomic E-state index is 12.3. The van der Waals surface area contributed by atoms with Crippen LogP contribution < -0.4 is 19.5 Å². The Hall–Kier alpha value is -3.02. The molecular weight excluding hydrogens is 322 g/mol. The van der Waals surface area contributed by atoms with Crippen LogP contribution >= 0.6 is 0 Å². The number of benzene rings is 2. The lowest BCUT2D eigenvalue weighted by molar-refractivity contribution is -0.122. The first-order chi connectivity index (χ1) is 11.9. The molecular formula is C19H21NO5. The molecule has 0 spiro atoms. The zero-order valence-corrected chi connectivity index (χ0v) is 14.7. The molecule has 0 bridgehead atoms. The smallest absolute Gasteiger partial charge is 0.265 e. The van der Waals surface area contributed by atoms with Crippen molar-refractivity contribution in [2.75, 3.05) is 19.5 Å². The summed E-state index contributed by atoms with van der Waals surface area (Å²) in [6.07, 6.45) is -0.727. The molecule has 25 heavy (non-hydrogen) atoms. The number of methoxy groups -OCH3 is 2. The third-order valence-electron chi connectivity index (χ3n) is 3.61. The van der Waals surface area contributed by atoms with Crippen LogP contribution in [-0.2, 0) is 4.79 Å². The van der Waals surface area contributed by atoms with Crippen LogP contribution in [0.4, 0.5) is 5.69 Å². The Bertz CT molecular complexity index is 755. The predicted octanol–water partition coefficient (Wildman–Crippen LogP) is 3.31. The van der Waals surface area contributed by atoms with Gasteiger partial charge in [-0.15, -0.1) is 0 Å². The molecule has 0 aliphatic carbocycles. The number of amides is 1. The largest absolute Gasteiger partial charge is 0.497 e. The van der Waals surface area contributed by atoms with E-state index in [2.05, 4.69) is 5.32 Å². The first-order valence-electron chi connectivity index (χ1n) is 7.75. The normalized spacial score (nSPS) is 11.4. The van der Waals surface area contributed by atoms with Crippen molar-refractivity contribution in [1.29, 1.82) is 0 Å². The molecule has 132 valence electrons. The van der Waals surface area contributed by atoms with Crippen LogP contribution in [0.25, 0.3) is 0 Å². The molecule has 0 aromatic heterocycles. The van der Waals surface area contributed by atoms with Gasteiger partial charge in [0.2, 0.25) is 0 Å². The highest BCUT2D eigenvalue weighted by Gasteiger charge is 2.17. The predicted molar refractivity (Wildman–Crippen MR) is 94.7 cm³/mol. The van der Waals surface area contributed by atoms with Gasteiger partial charge in [-0.2, -0.15) is 0 Å². The minimum absolute atomic E-state index is 0.0241. The monoisotopic (exact) mass is 343 g/mol. The zero-order valence-electron chi connectivity index (χ0n) is 14.7. The molecule has 1 unspecified atom stereocenters. The van der Waals surface area contributed by atoms with Crippen LogP contribution in [0.3, 0.4) is 0 Å². The Morgan fingerprint density at radius 1 is 0.960 bits per heavy atom. The van der Waals surface area contributed by atoms with Gasteiger partial charge in [0.05, 0.1) is 19.9 Å². The van der Waals surface area contributed by atoms with E-state index in [1.807, 2.05) is 0 Å². The summed E-state index contributed by atoms with van der Waals surface area (Å²) in [5, 5.41) is 2.76. The van der Waals surface area contributed by atoms with E-state index in [1.165, 1.54) is 14.0 Å². The van der Waals surface area contributed by atoms with Crippen LogP contribution in [0.5, 0.6) is 17.2 Å². The number of carbonyl (C=O) groups is 2. The van der Waals surface area contributed by atoms with E-state index in [-0.39, 0.29) is 11.7 Å². The molecule has 0 fully saturated rings. The number of ketones is 1. The second-order valence-corrected chi connectivity index (χ2v) is 5.40. The van der Waals surface area contributed by atoms with Crippen molar-refractivity contribution < 1.29 is 23.8 Å². The van der Waals surface area contributed by atoms with Gasteiger partial charge in [0.15, 0.2) is 11.9 Å². The zero-order chi connectivity index (χ0) is 18.4. The molecule has 6 heteroatoms. The summed E-state index contributed by atoms with van der Waals surface area (Å²) in [7, 11) is 3.07. The number of nitrogens with one attached hydrogen (secondary N) is 1. The van der Waals surface area contributed by atoms with Crippen molar-refractivity contribution in [2.45, 2.75) is 20.0 Å². The van der Waals surface area contributed by atoms with E-state index in [4.69, 9.17) is 14.2 Å². The second kappa shape index (κ2) is 8.19. The Morgan fingerprint density at radius 2 is 1.60 bits per heavy atom. The molecule has 1 amide bonds. The van der Waals surface area contributed by atoms with E-state index in [1.54, 1.807) is 56.5 Å². The molecule has 0 aliphatic rings. The number of hydrogen-bond donors (Lipinski definition) is 1. The van der Waals surface area contributed by atoms with E-state index < -0.39 is 6.10 Å². The van der Waals surface area contributed by atoms with E-state index in [0.717, 1.165) is 0 Å². The number of carbonyl (C=O) groups excluding carboxylic acids is 2. The Kier molecular flexibility index (Phi) is 6.00. The fourth-order valence-corrected chi connectivity index (χ4v) is 2.16. The number of anilines is 1. The van der Waals surface area contributed by atoms with Crippen LogP contribution in [-0.4, -0.2) is 32.0 Å². The van der Waals surface area contributed by atoms with Gasteiger partial charge in [-0.25, -0.2) is 0 Å². The highest BCUT2D eigenvalue weighted by molar-refractivity contribution is 5.96. The molecule has 2 aromatic carbocycles. The molecule has 0 aliphatic heterocycles. The Balaban J connectivity index is 2.04. The third kappa shape index (κ3) is 4.73. The number of hydrogen-bond acceptors (Lipinski definition) is 5. The standard InChI is InChI=1S/C19H21NO5/c1-12(21)14-5-7-15(8-6-14)25-13(2)19(22)20-17-10-9-16(23-3)11-18(17)24-4/h5-11,13H,1-4H3,(H,20,22). The van der Waals surface area contributed by atoms with Crippen molar-refractivity contribution >= 4 is 17.4 Å². The van der Waals surface area contributed by atoms with Gasteiger partial charge in [0.25, 0.3) is 5.91 Å². The molecule has 1 N–H and O–H groups in total. The molecule has 0 heterocycles. The molecule has 0 saturated heterocycles. The van der Waals surface area contributed by atoms with E-state index in [0.29, 0.717) is 28.5 Å². The van der Waals surface area contributed by atoms with Crippen molar-refractivity contribution in [1.82, 2.24) is 0 Å². The average molecular weight is 343 g/mol. The molecule has 0 radical (unpaired) electrons. The molecule has 2 rings (SSSR count). The highest BCUT2D eigenvalue weighted by Crippen LogP contribution is 2.29. The van der Waals surface area contributed by atoms with Crippen molar-refractivity contribution in [3.05, 3.63) is 48.0 Å². The lowest BCUT2D eigenvalue weighted by Gasteiger charge is -2.16. The van der Waals surface area contributed by atoms with Gasteiger partial charge in [0.1, 0.15) is 17.2 Å². The van der Waals surface area contributed by atoms with Gasteiger partial charge in [-0.3, -0.25) is 9.59 Å². The minimum Gasteiger partial charge on any atom is -0.497 e. The Morgan fingerprint density at radius 3 is 2.16 bits per heavy atom. The number of Topliss-reactive ketones (excluding diaryl/α,β-unsaturated/α-hetero) is 1. The van der Waals surface area contributed by atoms with Crippen molar-refractivity contribution in [3.8, 4) is 17.2 Å². The van der Waals surface area contributed by atoms with Gasteiger partial charge >= 0.3 is 0 Å². The van der Waals surface area contributed by atoms with Gasteiger partial charge in [0, 0.05) is 11.6 Å². The van der Waals surface area contributed by atoms with E-state index >= 15 is 0 Å². The van der Waals surface area contributed by atoms with Crippen LogP contribution in [0, 0.1) is 0 Å². The first-order valence-corrected chi connectivity index (χ1v) is 7.75. The maximum Gasteiger partial charge on any atom is 0.265 e. The lowest BCUT2D eigenvalue weighted by Crippen LogP contribution is -2.30. The quantitative estimate of drug-likeness (QED) is 0.781. The summed E-state index contributed by atoms with van der Waals surface area (Å²) in [6.45, 7) is 3.14. The maximum atomic E-state index is 12.3. The second-order valence-electron chi connectivity index (χ2n) is 5.40.